The number of methoxy groups -OCH3 is 1. The van der Waals surface area contributed by atoms with Crippen molar-refractivity contribution in [1.29, 1.82) is 0 Å². The third kappa shape index (κ3) is 5.10. The van der Waals surface area contributed by atoms with Crippen molar-refractivity contribution in [2.75, 3.05) is 33.9 Å². The van der Waals surface area contributed by atoms with Crippen LogP contribution in [0.5, 0.6) is 0 Å². The first-order chi connectivity index (χ1) is 10.3. The molecule has 1 N–H and O–H groups in total. The van der Waals surface area contributed by atoms with Gasteiger partial charge in [0.1, 0.15) is 0 Å². The number of nitrogens with zero attached hydrogens (tertiary/aromatic N) is 1. The van der Waals surface area contributed by atoms with Crippen molar-refractivity contribution in [3.8, 4) is 0 Å². The highest BCUT2D eigenvalue weighted by Gasteiger charge is 2.30. The molecule has 1 aliphatic carbocycles. The van der Waals surface area contributed by atoms with Gasteiger partial charge in [-0.05, 0) is 37.4 Å². The number of nitrogens with one attached hydrogen (secondary N) is 1. The summed E-state index contributed by atoms with van der Waals surface area (Å²) in [5, 5.41) is 3.48. The quantitative estimate of drug-likeness (QED) is 0.717. The maximum atomic E-state index is 5.25. The van der Waals surface area contributed by atoms with Crippen LogP contribution < -0.4 is 5.32 Å². The summed E-state index contributed by atoms with van der Waals surface area (Å²) in [6.45, 7) is 5.15. The molecule has 1 aromatic rings. The number of hydrogen-bond acceptors (Lipinski definition) is 3. The molecule has 3 nitrogen and oxygen atoms in total. The molecule has 0 aliphatic heterocycles. The van der Waals surface area contributed by atoms with E-state index in [4.69, 9.17) is 4.74 Å². The van der Waals surface area contributed by atoms with Crippen LogP contribution in [0.3, 0.4) is 0 Å². The van der Waals surface area contributed by atoms with Gasteiger partial charge in [-0.15, -0.1) is 0 Å². The summed E-state index contributed by atoms with van der Waals surface area (Å²) in [5.74, 6) is 0. The Labute approximate surface area is 129 Å². The second kappa shape index (κ2) is 8.52. The average Bonchev–Trinajstić information content (AvgIpc) is 3.34. The van der Waals surface area contributed by atoms with Crippen LogP contribution in [-0.4, -0.2) is 44.8 Å². The third-order valence-electron chi connectivity index (χ3n) is 4.33. The molecule has 0 radical (unpaired) electrons. The van der Waals surface area contributed by atoms with E-state index in [0.717, 1.165) is 25.7 Å². The van der Waals surface area contributed by atoms with Gasteiger partial charge < -0.3 is 10.1 Å². The Bertz CT molecular complexity index is 400. The molecule has 2 rings (SSSR count). The van der Waals surface area contributed by atoms with Crippen LogP contribution in [0.2, 0.25) is 0 Å². The SMILES string of the molecule is CCCc1ccc(C(CN(CCOC)C2CC2)NC)cc1. The van der Waals surface area contributed by atoms with Gasteiger partial charge in [0.25, 0.3) is 0 Å². The van der Waals surface area contributed by atoms with Crippen molar-refractivity contribution < 1.29 is 4.74 Å². The van der Waals surface area contributed by atoms with Crippen molar-refractivity contribution in [3.05, 3.63) is 35.4 Å². The Hall–Kier alpha value is -0.900. The molecule has 1 aromatic carbocycles. The monoisotopic (exact) mass is 290 g/mol. The molecule has 1 unspecified atom stereocenters. The lowest BCUT2D eigenvalue weighted by molar-refractivity contribution is 0.136. The van der Waals surface area contributed by atoms with Crippen LogP contribution in [0.15, 0.2) is 24.3 Å². The van der Waals surface area contributed by atoms with Gasteiger partial charge in [0.15, 0.2) is 0 Å². The molecule has 3 heteroatoms. The Morgan fingerprint density at radius 3 is 2.52 bits per heavy atom. The third-order valence-corrected chi connectivity index (χ3v) is 4.33. The van der Waals surface area contributed by atoms with Gasteiger partial charge in [0, 0.05) is 32.3 Å². The Morgan fingerprint density at radius 1 is 1.29 bits per heavy atom. The lowest BCUT2D eigenvalue weighted by atomic mass is 10.0. The smallest absolute Gasteiger partial charge is 0.0589 e. The normalized spacial score (nSPS) is 16.4. The van der Waals surface area contributed by atoms with Gasteiger partial charge in [0.05, 0.1) is 6.61 Å². The van der Waals surface area contributed by atoms with Crippen LogP contribution in [0.1, 0.15) is 43.4 Å². The molecule has 0 spiro atoms. The Morgan fingerprint density at radius 2 is 2.00 bits per heavy atom. The molecule has 0 heterocycles. The number of aryl methyl sites for hydroxylation is 1. The fourth-order valence-electron chi connectivity index (χ4n) is 2.87. The largest absolute Gasteiger partial charge is 0.383 e. The highest BCUT2D eigenvalue weighted by Crippen LogP contribution is 2.28. The number of rotatable bonds is 10. The summed E-state index contributed by atoms with van der Waals surface area (Å²) >= 11 is 0. The predicted octanol–water partition coefficient (Wildman–Crippen LogP) is 3.01. The van der Waals surface area contributed by atoms with Crippen molar-refractivity contribution >= 4 is 0 Å². The topological polar surface area (TPSA) is 24.5 Å². The van der Waals surface area contributed by atoms with Crippen molar-refractivity contribution in [3.63, 3.8) is 0 Å². The number of likely N-dealkylation sites (N-methyl/N-ethyl adjacent to an activating group) is 1. The predicted molar refractivity (Wildman–Crippen MR) is 88.7 cm³/mol. The standard InChI is InChI=1S/C18H30N2O/c1-4-5-15-6-8-16(9-7-15)18(19-2)14-20(12-13-21-3)17-10-11-17/h6-9,17-19H,4-5,10-14H2,1-3H3. The van der Waals surface area contributed by atoms with Gasteiger partial charge in [-0.25, -0.2) is 0 Å². The minimum absolute atomic E-state index is 0.401. The molecule has 1 saturated carbocycles. The van der Waals surface area contributed by atoms with Crippen LogP contribution in [0, 0.1) is 0 Å². The van der Waals surface area contributed by atoms with Crippen LogP contribution >= 0.6 is 0 Å². The van der Waals surface area contributed by atoms with E-state index in [-0.39, 0.29) is 0 Å². The molecule has 0 bridgehead atoms. The molecule has 1 fully saturated rings. The van der Waals surface area contributed by atoms with Crippen LogP contribution in [0.25, 0.3) is 0 Å². The second-order valence-corrected chi connectivity index (χ2v) is 6.05. The fourth-order valence-corrected chi connectivity index (χ4v) is 2.87. The number of benzene rings is 1. The van der Waals surface area contributed by atoms with Crippen molar-refractivity contribution in [2.24, 2.45) is 0 Å². The maximum Gasteiger partial charge on any atom is 0.0589 e. The van der Waals surface area contributed by atoms with Crippen LogP contribution in [0.4, 0.5) is 0 Å². The highest BCUT2D eigenvalue weighted by molar-refractivity contribution is 5.25. The molecule has 118 valence electrons. The second-order valence-electron chi connectivity index (χ2n) is 6.05. The zero-order valence-electron chi connectivity index (χ0n) is 13.8. The van der Waals surface area contributed by atoms with Crippen LogP contribution in [-0.2, 0) is 11.2 Å². The lowest BCUT2D eigenvalue weighted by Gasteiger charge is -2.27. The molecule has 21 heavy (non-hydrogen) atoms. The summed E-state index contributed by atoms with van der Waals surface area (Å²) in [5.41, 5.74) is 2.83. The fraction of sp³-hybridized carbons (Fsp3) is 0.667. The average molecular weight is 290 g/mol. The molecule has 0 aromatic heterocycles. The van der Waals surface area contributed by atoms with Gasteiger partial charge in [-0.2, -0.15) is 0 Å². The van der Waals surface area contributed by atoms with Gasteiger partial charge in [-0.1, -0.05) is 37.6 Å². The van der Waals surface area contributed by atoms with E-state index in [1.54, 1.807) is 7.11 Å². The van der Waals surface area contributed by atoms with E-state index in [9.17, 15) is 0 Å². The molecule has 1 aliphatic rings. The van der Waals surface area contributed by atoms with Gasteiger partial charge in [0.2, 0.25) is 0 Å². The minimum Gasteiger partial charge on any atom is -0.383 e. The summed E-state index contributed by atoms with van der Waals surface area (Å²) in [7, 11) is 3.85. The Kier molecular flexibility index (Phi) is 6.68. The zero-order valence-corrected chi connectivity index (χ0v) is 13.8. The van der Waals surface area contributed by atoms with Gasteiger partial charge >= 0.3 is 0 Å². The van der Waals surface area contributed by atoms with Crippen molar-refractivity contribution in [1.82, 2.24) is 10.2 Å². The lowest BCUT2D eigenvalue weighted by Crippen LogP contribution is -2.37. The van der Waals surface area contributed by atoms with E-state index in [1.165, 1.54) is 36.8 Å². The first-order valence-corrected chi connectivity index (χ1v) is 8.27. The number of ether oxygens (including phenoxy) is 1. The molecule has 1 atom stereocenters. The Balaban J connectivity index is 1.96. The van der Waals surface area contributed by atoms with E-state index in [0.29, 0.717) is 6.04 Å². The van der Waals surface area contributed by atoms with E-state index in [2.05, 4.69) is 48.5 Å². The first kappa shape index (κ1) is 16.5. The molecule has 0 saturated heterocycles. The number of hydrogen-bond donors (Lipinski definition) is 1. The van der Waals surface area contributed by atoms with E-state index < -0.39 is 0 Å². The summed E-state index contributed by atoms with van der Waals surface area (Å²) in [6.07, 6.45) is 5.07. The van der Waals surface area contributed by atoms with E-state index >= 15 is 0 Å². The summed E-state index contributed by atoms with van der Waals surface area (Å²) in [6, 6.07) is 10.3. The molecular formula is C18H30N2O. The zero-order chi connectivity index (χ0) is 15.1. The molecule has 0 amide bonds. The van der Waals surface area contributed by atoms with Crippen molar-refractivity contribution in [2.45, 2.75) is 44.7 Å². The maximum absolute atomic E-state index is 5.25. The molecular weight excluding hydrogens is 260 g/mol. The highest BCUT2D eigenvalue weighted by atomic mass is 16.5. The van der Waals surface area contributed by atoms with E-state index in [1.807, 2.05) is 0 Å². The summed E-state index contributed by atoms with van der Waals surface area (Å²) in [4.78, 5) is 2.57. The summed E-state index contributed by atoms with van der Waals surface area (Å²) < 4.78 is 5.25. The van der Waals surface area contributed by atoms with Gasteiger partial charge in [-0.3, -0.25) is 4.90 Å². The minimum atomic E-state index is 0.401. The first-order valence-electron chi connectivity index (χ1n) is 8.27.